The number of aliphatic hydroxyl groups is 1. The van der Waals surface area contributed by atoms with Crippen molar-refractivity contribution in [2.75, 3.05) is 10.6 Å². The summed E-state index contributed by atoms with van der Waals surface area (Å²) in [6, 6.07) is 12.0. The molecule has 2 rings (SSSR count). The zero-order valence-electron chi connectivity index (χ0n) is 16.9. The maximum atomic E-state index is 12.7. The van der Waals surface area contributed by atoms with Crippen LogP contribution in [0.2, 0.25) is 0 Å². The number of phenols is 1. The topological polar surface area (TPSA) is 81.6 Å². The highest BCUT2D eigenvalue weighted by atomic mass is 16.3. The Balaban J connectivity index is 2.25. The minimum Gasteiger partial charge on any atom is -0.507 e. The normalized spacial score (nSPS) is 13.1. The maximum Gasteiger partial charge on any atom is 0.259 e. The van der Waals surface area contributed by atoms with E-state index in [0.29, 0.717) is 11.3 Å². The molecule has 0 saturated carbocycles. The molecular formula is C22H30N2O3. The number of benzene rings is 2. The molecule has 0 radical (unpaired) electrons. The van der Waals surface area contributed by atoms with Crippen molar-refractivity contribution in [3.63, 3.8) is 0 Å². The third kappa shape index (κ3) is 5.73. The number of hydrogen-bond acceptors (Lipinski definition) is 4. The molecule has 0 aliphatic rings. The Morgan fingerprint density at radius 1 is 0.963 bits per heavy atom. The van der Waals surface area contributed by atoms with Crippen LogP contribution in [0.1, 0.15) is 63.6 Å². The molecule has 0 aliphatic heterocycles. The highest BCUT2D eigenvalue weighted by Gasteiger charge is 2.25. The van der Waals surface area contributed by atoms with Gasteiger partial charge in [-0.25, -0.2) is 0 Å². The fourth-order valence-electron chi connectivity index (χ4n) is 2.71. The molecule has 4 N–H and O–H groups in total. The van der Waals surface area contributed by atoms with Crippen LogP contribution in [0.5, 0.6) is 5.75 Å². The number of nitrogens with one attached hydrogen (secondary N) is 2. The molecule has 0 fully saturated rings. The molecule has 1 amide bonds. The van der Waals surface area contributed by atoms with Crippen molar-refractivity contribution in [3.8, 4) is 5.75 Å². The van der Waals surface area contributed by atoms with E-state index in [2.05, 4.69) is 31.4 Å². The molecular weight excluding hydrogens is 340 g/mol. The predicted octanol–water partition coefficient (Wildman–Crippen LogP) is 4.93. The number of aliphatic hydroxyl groups excluding tert-OH is 1. The Bertz CT molecular complexity index is 817. The van der Waals surface area contributed by atoms with Gasteiger partial charge in [0.2, 0.25) is 0 Å². The summed E-state index contributed by atoms with van der Waals surface area (Å²) in [6.07, 6.45) is -0.746. The second-order valence-electron chi connectivity index (χ2n) is 8.96. The van der Waals surface area contributed by atoms with Crippen LogP contribution in [0, 0.1) is 5.41 Å². The first kappa shape index (κ1) is 20.8. The molecule has 27 heavy (non-hydrogen) atoms. The van der Waals surface area contributed by atoms with Crippen LogP contribution in [0.3, 0.4) is 0 Å². The lowest BCUT2D eigenvalue weighted by molar-refractivity contribution is 0.0625. The zero-order chi connectivity index (χ0) is 20.4. The maximum absolute atomic E-state index is 12.7. The van der Waals surface area contributed by atoms with Gasteiger partial charge in [0.15, 0.2) is 0 Å². The first-order valence-corrected chi connectivity index (χ1v) is 9.07. The highest BCUT2D eigenvalue weighted by molar-refractivity contribution is 6.06. The van der Waals surface area contributed by atoms with Gasteiger partial charge < -0.3 is 20.8 Å². The number of carbonyl (C=O) groups excluding carboxylic acids is 1. The van der Waals surface area contributed by atoms with Gasteiger partial charge in [-0.15, -0.1) is 0 Å². The molecule has 0 heterocycles. The molecule has 5 nitrogen and oxygen atoms in total. The highest BCUT2D eigenvalue weighted by Crippen LogP contribution is 2.34. The number of hydrogen-bond donors (Lipinski definition) is 4. The number of anilines is 2. The van der Waals surface area contributed by atoms with Crippen molar-refractivity contribution in [2.45, 2.75) is 53.2 Å². The molecule has 2 aromatic carbocycles. The lowest BCUT2D eigenvalue weighted by atomic mass is 9.84. The molecule has 1 atom stereocenters. The SMILES string of the molecule is CC(C)(C)Nc1cccc(NC(=O)c2cc(C(O)C(C)(C)C)ccc2O)c1. The van der Waals surface area contributed by atoms with E-state index in [0.717, 1.165) is 5.69 Å². The molecule has 0 bridgehead atoms. The van der Waals surface area contributed by atoms with E-state index in [1.807, 2.05) is 39.0 Å². The van der Waals surface area contributed by atoms with Crippen molar-refractivity contribution < 1.29 is 15.0 Å². The number of carbonyl (C=O) groups is 1. The number of amides is 1. The lowest BCUT2D eigenvalue weighted by Gasteiger charge is -2.26. The Hall–Kier alpha value is -2.53. The van der Waals surface area contributed by atoms with Crippen molar-refractivity contribution in [1.29, 1.82) is 0 Å². The fraction of sp³-hybridized carbons (Fsp3) is 0.409. The molecule has 5 heteroatoms. The van der Waals surface area contributed by atoms with Gasteiger partial charge in [0.05, 0.1) is 11.7 Å². The quantitative estimate of drug-likeness (QED) is 0.615. The summed E-state index contributed by atoms with van der Waals surface area (Å²) in [5.74, 6) is -0.551. The molecule has 2 aromatic rings. The van der Waals surface area contributed by atoms with Crippen LogP contribution in [0.4, 0.5) is 11.4 Å². The summed E-state index contributed by atoms with van der Waals surface area (Å²) in [5, 5.41) is 26.7. The summed E-state index contributed by atoms with van der Waals surface area (Å²) in [4.78, 5) is 12.7. The summed E-state index contributed by atoms with van der Waals surface area (Å²) in [7, 11) is 0. The first-order chi connectivity index (χ1) is 12.4. The van der Waals surface area contributed by atoms with E-state index in [1.165, 1.54) is 12.1 Å². The van der Waals surface area contributed by atoms with E-state index >= 15 is 0 Å². The molecule has 0 aliphatic carbocycles. The molecule has 146 valence electrons. The predicted molar refractivity (Wildman–Crippen MR) is 110 cm³/mol. The van der Waals surface area contributed by atoms with Gasteiger partial charge in [0.25, 0.3) is 5.91 Å². The molecule has 0 saturated heterocycles. The van der Waals surface area contributed by atoms with Crippen LogP contribution in [-0.4, -0.2) is 21.7 Å². The standard InChI is InChI=1S/C22H30N2O3/c1-21(2,3)19(26)14-10-11-18(25)17(12-14)20(27)23-15-8-7-9-16(13-15)24-22(4,5)6/h7-13,19,24-26H,1-6H3,(H,23,27). The van der Waals surface area contributed by atoms with Gasteiger partial charge in [0, 0.05) is 16.9 Å². The van der Waals surface area contributed by atoms with Crippen LogP contribution in [0.15, 0.2) is 42.5 Å². The summed E-state index contributed by atoms with van der Waals surface area (Å²) < 4.78 is 0. The van der Waals surface area contributed by atoms with Crippen molar-refractivity contribution >= 4 is 17.3 Å². The van der Waals surface area contributed by atoms with E-state index in [4.69, 9.17) is 0 Å². The second kappa shape index (κ2) is 7.61. The average molecular weight is 370 g/mol. The van der Waals surface area contributed by atoms with E-state index < -0.39 is 12.0 Å². The van der Waals surface area contributed by atoms with Crippen LogP contribution < -0.4 is 10.6 Å². The van der Waals surface area contributed by atoms with Crippen LogP contribution >= 0.6 is 0 Å². The third-order valence-electron chi connectivity index (χ3n) is 4.04. The number of aromatic hydroxyl groups is 1. The first-order valence-electron chi connectivity index (χ1n) is 9.07. The van der Waals surface area contributed by atoms with Gasteiger partial charge in [-0.05, 0) is 62.1 Å². The minimum atomic E-state index is -0.746. The zero-order valence-corrected chi connectivity index (χ0v) is 16.9. The van der Waals surface area contributed by atoms with Gasteiger partial charge in [-0.3, -0.25) is 4.79 Å². The average Bonchev–Trinajstić information content (AvgIpc) is 2.52. The number of rotatable bonds is 4. The molecule has 0 aromatic heterocycles. The monoisotopic (exact) mass is 370 g/mol. The van der Waals surface area contributed by atoms with Crippen molar-refractivity contribution in [1.82, 2.24) is 0 Å². The molecule has 1 unspecified atom stereocenters. The Kier molecular flexibility index (Phi) is 5.85. The van der Waals surface area contributed by atoms with Crippen molar-refractivity contribution in [3.05, 3.63) is 53.6 Å². The minimum absolute atomic E-state index is 0.0989. The fourth-order valence-corrected chi connectivity index (χ4v) is 2.71. The van der Waals surface area contributed by atoms with Crippen LogP contribution in [-0.2, 0) is 0 Å². The van der Waals surface area contributed by atoms with Crippen molar-refractivity contribution in [2.24, 2.45) is 5.41 Å². The Morgan fingerprint density at radius 2 is 1.59 bits per heavy atom. The van der Waals surface area contributed by atoms with E-state index in [-0.39, 0.29) is 22.3 Å². The van der Waals surface area contributed by atoms with E-state index in [1.54, 1.807) is 12.1 Å². The van der Waals surface area contributed by atoms with Gasteiger partial charge in [-0.1, -0.05) is 32.9 Å². The number of phenolic OH excluding ortho intramolecular Hbond substituents is 1. The van der Waals surface area contributed by atoms with E-state index in [9.17, 15) is 15.0 Å². The summed E-state index contributed by atoms with van der Waals surface area (Å²) in [5.41, 5.74) is 1.76. The van der Waals surface area contributed by atoms with Gasteiger partial charge in [-0.2, -0.15) is 0 Å². The second-order valence-corrected chi connectivity index (χ2v) is 8.96. The smallest absolute Gasteiger partial charge is 0.259 e. The third-order valence-corrected chi connectivity index (χ3v) is 4.04. The van der Waals surface area contributed by atoms with Gasteiger partial charge in [0.1, 0.15) is 5.75 Å². The lowest BCUT2D eigenvalue weighted by Crippen LogP contribution is -2.26. The van der Waals surface area contributed by atoms with Crippen LogP contribution in [0.25, 0.3) is 0 Å². The summed E-state index contributed by atoms with van der Waals surface area (Å²) >= 11 is 0. The molecule has 0 spiro atoms. The largest absolute Gasteiger partial charge is 0.507 e. The van der Waals surface area contributed by atoms with Gasteiger partial charge >= 0.3 is 0 Å². The summed E-state index contributed by atoms with van der Waals surface area (Å²) in [6.45, 7) is 11.9. The Morgan fingerprint density at radius 3 is 2.19 bits per heavy atom. The Labute approximate surface area is 161 Å².